The van der Waals surface area contributed by atoms with E-state index < -0.39 is 0 Å². The van der Waals surface area contributed by atoms with Crippen LogP contribution in [0.25, 0.3) is 0 Å². The van der Waals surface area contributed by atoms with Crippen molar-refractivity contribution in [3.05, 3.63) is 17.7 Å². The van der Waals surface area contributed by atoms with Crippen molar-refractivity contribution in [1.82, 2.24) is 14.5 Å². The van der Waals surface area contributed by atoms with Gasteiger partial charge in [-0.1, -0.05) is 0 Å². The predicted molar refractivity (Wildman–Crippen MR) is 63.0 cm³/mol. The van der Waals surface area contributed by atoms with E-state index in [0.717, 1.165) is 32.5 Å². The molecular formula is C12H20N4. The van der Waals surface area contributed by atoms with Crippen molar-refractivity contribution >= 4 is 0 Å². The van der Waals surface area contributed by atoms with Crippen molar-refractivity contribution in [1.29, 1.82) is 0 Å². The Labute approximate surface area is 96.4 Å². The van der Waals surface area contributed by atoms with Crippen LogP contribution >= 0.6 is 0 Å². The Morgan fingerprint density at radius 1 is 1.44 bits per heavy atom. The van der Waals surface area contributed by atoms with Crippen molar-refractivity contribution in [3.8, 4) is 0 Å². The molecule has 1 aliphatic heterocycles. The van der Waals surface area contributed by atoms with E-state index in [0.29, 0.717) is 0 Å². The second-order valence-electron chi connectivity index (χ2n) is 5.44. The average molecular weight is 220 g/mol. The third-order valence-electron chi connectivity index (χ3n) is 3.81. The Bertz CT molecular complexity index is 392. The van der Waals surface area contributed by atoms with Crippen LogP contribution in [0.1, 0.15) is 30.8 Å². The van der Waals surface area contributed by atoms with Gasteiger partial charge in [-0.25, -0.2) is 4.98 Å². The van der Waals surface area contributed by atoms with E-state index in [9.17, 15) is 0 Å². The maximum absolute atomic E-state index is 6.10. The molecule has 0 amide bonds. The Balaban J connectivity index is 1.67. The van der Waals surface area contributed by atoms with E-state index in [2.05, 4.69) is 22.7 Å². The molecule has 0 unspecified atom stereocenters. The fourth-order valence-electron chi connectivity index (χ4n) is 2.34. The van der Waals surface area contributed by atoms with Crippen LogP contribution in [0.4, 0.5) is 0 Å². The van der Waals surface area contributed by atoms with E-state index in [1.807, 2.05) is 0 Å². The molecule has 0 bridgehead atoms. The van der Waals surface area contributed by atoms with Gasteiger partial charge in [0.15, 0.2) is 0 Å². The number of aryl methyl sites for hydroxylation is 1. The van der Waals surface area contributed by atoms with E-state index in [1.54, 1.807) is 0 Å². The van der Waals surface area contributed by atoms with E-state index in [-0.39, 0.29) is 5.54 Å². The summed E-state index contributed by atoms with van der Waals surface area (Å²) >= 11 is 0. The van der Waals surface area contributed by atoms with E-state index >= 15 is 0 Å². The molecule has 0 atom stereocenters. The van der Waals surface area contributed by atoms with E-state index in [4.69, 9.17) is 10.7 Å². The van der Waals surface area contributed by atoms with Gasteiger partial charge in [0.1, 0.15) is 5.82 Å². The second-order valence-corrected chi connectivity index (χ2v) is 5.44. The summed E-state index contributed by atoms with van der Waals surface area (Å²) in [5, 5.41) is 0. The number of nitrogens with zero attached hydrogens (tertiary/aromatic N) is 3. The third kappa shape index (κ3) is 1.99. The van der Waals surface area contributed by atoms with Crippen molar-refractivity contribution in [3.63, 3.8) is 0 Å². The number of fused-ring (bicyclic) bond motifs is 1. The van der Waals surface area contributed by atoms with Gasteiger partial charge in [0.25, 0.3) is 0 Å². The zero-order valence-electron chi connectivity index (χ0n) is 9.95. The molecule has 0 spiro atoms. The van der Waals surface area contributed by atoms with Gasteiger partial charge in [-0.15, -0.1) is 0 Å². The molecule has 0 aromatic carbocycles. The molecule has 1 aromatic rings. The third-order valence-corrected chi connectivity index (χ3v) is 3.81. The highest BCUT2D eigenvalue weighted by Gasteiger charge is 2.37. The maximum Gasteiger partial charge on any atom is 0.123 e. The lowest BCUT2D eigenvalue weighted by Gasteiger charge is -2.22. The zero-order chi connectivity index (χ0) is 11.2. The summed E-state index contributed by atoms with van der Waals surface area (Å²) in [6, 6.07) is 0. The smallest absolute Gasteiger partial charge is 0.123 e. The quantitative estimate of drug-likeness (QED) is 0.818. The zero-order valence-corrected chi connectivity index (χ0v) is 9.95. The molecule has 88 valence electrons. The van der Waals surface area contributed by atoms with Gasteiger partial charge < -0.3 is 10.3 Å². The topological polar surface area (TPSA) is 47.1 Å². The number of likely N-dealkylation sites (N-methyl/N-ethyl adjacent to an activating group) is 1. The molecule has 4 nitrogen and oxygen atoms in total. The lowest BCUT2D eigenvalue weighted by atomic mass is 10.1. The molecule has 16 heavy (non-hydrogen) atoms. The lowest BCUT2D eigenvalue weighted by Crippen LogP contribution is -2.30. The van der Waals surface area contributed by atoms with Crippen LogP contribution in [0.5, 0.6) is 0 Å². The first-order valence-electron chi connectivity index (χ1n) is 6.17. The number of hydrogen-bond donors (Lipinski definition) is 1. The fraction of sp³-hybridized carbons (Fsp3) is 0.750. The number of imidazole rings is 1. The fourth-order valence-corrected chi connectivity index (χ4v) is 2.34. The molecule has 1 saturated carbocycles. The molecule has 1 fully saturated rings. The Hall–Kier alpha value is -0.870. The Morgan fingerprint density at radius 2 is 2.25 bits per heavy atom. The first-order valence-corrected chi connectivity index (χ1v) is 6.17. The normalized spacial score (nSPS) is 23.1. The lowest BCUT2D eigenvalue weighted by molar-refractivity contribution is 0.264. The number of aromatic nitrogens is 2. The summed E-state index contributed by atoms with van der Waals surface area (Å²) in [6.45, 7) is 3.18. The molecule has 2 aliphatic rings. The van der Waals surface area contributed by atoms with Gasteiger partial charge in [0, 0.05) is 24.8 Å². The summed E-state index contributed by atoms with van der Waals surface area (Å²) in [7, 11) is 2.15. The molecule has 2 N–H and O–H groups in total. The summed E-state index contributed by atoms with van der Waals surface area (Å²) < 4.78 is 2.30. The number of rotatable bonds is 3. The molecule has 0 saturated heterocycles. The maximum atomic E-state index is 6.10. The van der Waals surface area contributed by atoms with Crippen molar-refractivity contribution < 1.29 is 0 Å². The highest BCUT2D eigenvalue weighted by molar-refractivity contribution is 5.09. The summed E-state index contributed by atoms with van der Waals surface area (Å²) in [6.07, 6.45) is 6.75. The molecule has 3 rings (SSSR count). The van der Waals surface area contributed by atoms with Crippen molar-refractivity contribution in [2.24, 2.45) is 5.73 Å². The highest BCUT2D eigenvalue weighted by atomic mass is 15.2. The largest absolute Gasteiger partial charge is 0.332 e. The van der Waals surface area contributed by atoms with Gasteiger partial charge in [-0.05, 0) is 32.7 Å². The van der Waals surface area contributed by atoms with Gasteiger partial charge in [0.2, 0.25) is 0 Å². The minimum absolute atomic E-state index is 0.154. The standard InChI is InChI=1S/C12H20N4/c1-15-6-7-16-8-10(14-11(16)9-15)2-3-12(13)4-5-12/h8H,2-7,9,13H2,1H3. The minimum Gasteiger partial charge on any atom is -0.332 e. The van der Waals surface area contributed by atoms with Crippen LogP contribution in [0, 0.1) is 0 Å². The van der Waals surface area contributed by atoms with Crippen LogP contribution in [0.2, 0.25) is 0 Å². The van der Waals surface area contributed by atoms with Crippen LogP contribution in [0.15, 0.2) is 6.20 Å². The van der Waals surface area contributed by atoms with Crippen LogP contribution in [-0.4, -0.2) is 33.6 Å². The first-order chi connectivity index (χ1) is 7.65. The first kappa shape index (κ1) is 10.3. The average Bonchev–Trinajstić information content (AvgIpc) is 2.85. The van der Waals surface area contributed by atoms with Crippen LogP contribution < -0.4 is 5.73 Å². The SMILES string of the molecule is CN1CCn2cc(CCC3(N)CC3)nc2C1. The Kier molecular flexibility index (Phi) is 2.30. The van der Waals surface area contributed by atoms with Crippen LogP contribution in [0.3, 0.4) is 0 Å². The molecule has 0 radical (unpaired) electrons. The predicted octanol–water partition coefficient (Wildman–Crippen LogP) is 0.752. The van der Waals surface area contributed by atoms with Crippen molar-refractivity contribution in [2.45, 2.75) is 44.3 Å². The summed E-state index contributed by atoms with van der Waals surface area (Å²) in [5.74, 6) is 1.21. The molecule has 1 aliphatic carbocycles. The molecule has 2 heterocycles. The summed E-state index contributed by atoms with van der Waals surface area (Å²) in [4.78, 5) is 7.01. The van der Waals surface area contributed by atoms with Crippen LogP contribution in [-0.2, 0) is 19.5 Å². The van der Waals surface area contributed by atoms with Crippen molar-refractivity contribution in [2.75, 3.05) is 13.6 Å². The number of nitrogens with two attached hydrogens (primary N) is 1. The highest BCUT2D eigenvalue weighted by Crippen LogP contribution is 2.36. The molecular weight excluding hydrogens is 200 g/mol. The van der Waals surface area contributed by atoms with Gasteiger partial charge in [0.05, 0.1) is 12.2 Å². The van der Waals surface area contributed by atoms with Gasteiger partial charge in [-0.2, -0.15) is 0 Å². The van der Waals surface area contributed by atoms with Gasteiger partial charge in [-0.3, -0.25) is 4.90 Å². The molecule has 1 aromatic heterocycles. The number of hydrogen-bond acceptors (Lipinski definition) is 3. The van der Waals surface area contributed by atoms with E-state index in [1.165, 1.54) is 24.4 Å². The molecule has 4 heteroatoms. The minimum atomic E-state index is 0.154. The Morgan fingerprint density at radius 3 is 3.00 bits per heavy atom. The van der Waals surface area contributed by atoms with Gasteiger partial charge >= 0.3 is 0 Å². The summed E-state index contributed by atoms with van der Waals surface area (Å²) in [5.41, 5.74) is 7.47. The second kappa shape index (κ2) is 3.57. The monoisotopic (exact) mass is 220 g/mol.